The van der Waals surface area contributed by atoms with Gasteiger partial charge in [0.25, 0.3) is 0 Å². The number of aromatic nitrogens is 1. The van der Waals surface area contributed by atoms with Crippen LogP contribution in [0, 0.1) is 0 Å². The number of aryl methyl sites for hydroxylation is 1. The van der Waals surface area contributed by atoms with Gasteiger partial charge in [-0.15, -0.1) is 0 Å². The second kappa shape index (κ2) is 9.73. The minimum absolute atomic E-state index is 0.0128. The Bertz CT molecular complexity index is 1160. The molecule has 4 rings (SSSR count). The molecule has 0 fully saturated rings. The molecule has 0 saturated heterocycles. The van der Waals surface area contributed by atoms with Crippen molar-refractivity contribution in [1.82, 2.24) is 10.3 Å². The van der Waals surface area contributed by atoms with Crippen molar-refractivity contribution in [2.24, 2.45) is 0 Å². The molecular formula is C26H21F3N2O2. The Balaban J connectivity index is 1.43. The third kappa shape index (κ3) is 5.68. The Kier molecular flexibility index (Phi) is 6.58. The van der Waals surface area contributed by atoms with Crippen molar-refractivity contribution in [1.29, 1.82) is 0 Å². The van der Waals surface area contributed by atoms with Crippen LogP contribution < -0.4 is 5.32 Å². The van der Waals surface area contributed by atoms with E-state index in [0.29, 0.717) is 22.9 Å². The van der Waals surface area contributed by atoms with E-state index in [0.717, 1.165) is 23.3 Å². The molecule has 0 atom stereocenters. The van der Waals surface area contributed by atoms with Crippen molar-refractivity contribution >= 4 is 5.91 Å². The number of rotatable bonds is 7. The summed E-state index contributed by atoms with van der Waals surface area (Å²) in [5.41, 5.74) is 2.12. The molecule has 0 spiro atoms. The van der Waals surface area contributed by atoms with Crippen LogP contribution in [0.3, 0.4) is 0 Å². The second-order valence-corrected chi connectivity index (χ2v) is 7.49. The van der Waals surface area contributed by atoms with E-state index in [1.54, 1.807) is 6.07 Å². The van der Waals surface area contributed by atoms with Crippen molar-refractivity contribution in [3.8, 4) is 22.6 Å². The van der Waals surface area contributed by atoms with Gasteiger partial charge in [0.2, 0.25) is 5.91 Å². The van der Waals surface area contributed by atoms with Gasteiger partial charge in [-0.2, -0.15) is 13.2 Å². The van der Waals surface area contributed by atoms with Crippen LogP contribution in [0.15, 0.2) is 89.3 Å². The van der Waals surface area contributed by atoms with Gasteiger partial charge < -0.3 is 9.73 Å². The highest BCUT2D eigenvalue weighted by atomic mass is 19.4. The topological polar surface area (TPSA) is 55.1 Å². The van der Waals surface area contributed by atoms with Gasteiger partial charge in [-0.1, -0.05) is 72.8 Å². The van der Waals surface area contributed by atoms with E-state index in [1.807, 2.05) is 60.7 Å². The number of hydrogen-bond donors (Lipinski definition) is 1. The minimum atomic E-state index is -4.42. The Labute approximate surface area is 189 Å². The van der Waals surface area contributed by atoms with Crippen molar-refractivity contribution < 1.29 is 22.4 Å². The van der Waals surface area contributed by atoms with Gasteiger partial charge in [0.1, 0.15) is 5.69 Å². The monoisotopic (exact) mass is 450 g/mol. The van der Waals surface area contributed by atoms with Gasteiger partial charge in [-0.05, 0) is 17.7 Å². The van der Waals surface area contributed by atoms with Crippen LogP contribution in [0.1, 0.15) is 23.4 Å². The number of oxazole rings is 1. The van der Waals surface area contributed by atoms with Crippen LogP contribution in [-0.2, 0) is 23.9 Å². The Morgan fingerprint density at radius 2 is 1.55 bits per heavy atom. The highest BCUT2D eigenvalue weighted by Gasteiger charge is 2.30. The zero-order chi connectivity index (χ0) is 23.3. The predicted molar refractivity (Wildman–Crippen MR) is 119 cm³/mol. The summed E-state index contributed by atoms with van der Waals surface area (Å²) < 4.78 is 44.6. The third-order valence-corrected chi connectivity index (χ3v) is 5.06. The molecule has 4 nitrogen and oxygen atoms in total. The fourth-order valence-corrected chi connectivity index (χ4v) is 3.42. The molecule has 0 bridgehead atoms. The maximum atomic E-state index is 12.9. The number of benzene rings is 3. The van der Waals surface area contributed by atoms with Crippen molar-refractivity contribution in [3.05, 3.63) is 102 Å². The first-order chi connectivity index (χ1) is 15.9. The number of halogens is 3. The average molecular weight is 450 g/mol. The summed E-state index contributed by atoms with van der Waals surface area (Å²) >= 11 is 0. The second-order valence-electron chi connectivity index (χ2n) is 7.49. The number of carbonyl (C=O) groups excluding carboxylic acids is 1. The largest absolute Gasteiger partial charge is 0.440 e. The summed E-state index contributed by atoms with van der Waals surface area (Å²) in [4.78, 5) is 16.9. The lowest BCUT2D eigenvalue weighted by Crippen LogP contribution is -2.23. The molecular weight excluding hydrogens is 429 g/mol. The maximum absolute atomic E-state index is 12.9. The smallest absolute Gasteiger partial charge is 0.416 e. The number of nitrogens with zero attached hydrogens (tertiary/aromatic N) is 1. The first-order valence-corrected chi connectivity index (χ1v) is 10.4. The van der Waals surface area contributed by atoms with E-state index in [4.69, 9.17) is 4.42 Å². The summed E-state index contributed by atoms with van der Waals surface area (Å²) in [7, 11) is 0. The first-order valence-electron chi connectivity index (χ1n) is 10.4. The Morgan fingerprint density at radius 3 is 2.21 bits per heavy atom. The zero-order valence-electron chi connectivity index (χ0n) is 17.6. The summed E-state index contributed by atoms with van der Waals surface area (Å²) in [6.07, 6.45) is -4.05. The predicted octanol–water partition coefficient (Wildman–Crippen LogP) is 6.28. The van der Waals surface area contributed by atoms with Crippen LogP contribution in [0.2, 0.25) is 0 Å². The fourth-order valence-electron chi connectivity index (χ4n) is 3.42. The molecule has 1 amide bonds. The summed E-state index contributed by atoms with van der Waals surface area (Å²) in [5, 5.41) is 2.66. The third-order valence-electron chi connectivity index (χ3n) is 5.06. The van der Waals surface area contributed by atoms with Gasteiger partial charge in [-0.3, -0.25) is 4.79 Å². The van der Waals surface area contributed by atoms with E-state index in [1.165, 1.54) is 6.07 Å². The minimum Gasteiger partial charge on any atom is -0.440 e. The standard InChI is InChI=1S/C26H21F3N2O2/c27-26(28,29)21-13-7-8-18(16-21)17-30-22(32)14-15-23-31-24(19-9-3-1-4-10-19)25(33-23)20-11-5-2-6-12-20/h1-13,16H,14-15,17H2,(H,30,32). The number of carbonyl (C=O) groups is 1. The van der Waals surface area contributed by atoms with Gasteiger partial charge in [-0.25, -0.2) is 4.98 Å². The molecule has 0 radical (unpaired) electrons. The number of alkyl halides is 3. The molecule has 0 saturated carbocycles. The quantitative estimate of drug-likeness (QED) is 0.361. The van der Waals surface area contributed by atoms with E-state index in [2.05, 4.69) is 10.3 Å². The molecule has 7 heteroatoms. The first kappa shape index (κ1) is 22.3. The van der Waals surface area contributed by atoms with E-state index < -0.39 is 11.7 Å². The number of nitrogens with one attached hydrogen (secondary N) is 1. The van der Waals surface area contributed by atoms with E-state index in [9.17, 15) is 18.0 Å². The van der Waals surface area contributed by atoms with Crippen LogP contribution in [0.25, 0.3) is 22.6 Å². The molecule has 0 aliphatic rings. The SMILES string of the molecule is O=C(CCc1nc(-c2ccccc2)c(-c2ccccc2)o1)NCc1cccc(C(F)(F)F)c1. The number of hydrogen-bond acceptors (Lipinski definition) is 3. The van der Waals surface area contributed by atoms with Gasteiger partial charge in [0.15, 0.2) is 11.7 Å². The van der Waals surface area contributed by atoms with E-state index >= 15 is 0 Å². The lowest BCUT2D eigenvalue weighted by molar-refractivity contribution is -0.137. The normalized spacial score (nSPS) is 11.4. The number of amides is 1. The van der Waals surface area contributed by atoms with Crippen LogP contribution in [0.5, 0.6) is 0 Å². The highest BCUT2D eigenvalue weighted by molar-refractivity contribution is 5.77. The lowest BCUT2D eigenvalue weighted by Gasteiger charge is -2.09. The molecule has 1 aromatic heterocycles. The molecule has 1 N–H and O–H groups in total. The molecule has 0 aliphatic carbocycles. The molecule has 4 aromatic rings. The van der Waals surface area contributed by atoms with Crippen molar-refractivity contribution in [3.63, 3.8) is 0 Å². The molecule has 1 heterocycles. The highest BCUT2D eigenvalue weighted by Crippen LogP contribution is 2.33. The van der Waals surface area contributed by atoms with Gasteiger partial charge >= 0.3 is 6.18 Å². The van der Waals surface area contributed by atoms with Crippen molar-refractivity contribution in [2.75, 3.05) is 0 Å². The Hall–Kier alpha value is -3.87. The summed E-state index contributed by atoms with van der Waals surface area (Å²) in [6, 6.07) is 24.1. The summed E-state index contributed by atoms with van der Waals surface area (Å²) in [6.45, 7) is 0.0128. The zero-order valence-corrected chi connectivity index (χ0v) is 17.6. The van der Waals surface area contributed by atoms with Gasteiger partial charge in [0.05, 0.1) is 5.56 Å². The van der Waals surface area contributed by atoms with E-state index in [-0.39, 0.29) is 25.3 Å². The van der Waals surface area contributed by atoms with Crippen molar-refractivity contribution in [2.45, 2.75) is 25.6 Å². The molecule has 168 valence electrons. The molecule has 33 heavy (non-hydrogen) atoms. The Morgan fingerprint density at radius 1 is 0.879 bits per heavy atom. The summed E-state index contributed by atoms with van der Waals surface area (Å²) in [5.74, 6) is 0.747. The van der Waals surface area contributed by atoms with Crippen LogP contribution >= 0.6 is 0 Å². The molecule has 0 unspecified atom stereocenters. The average Bonchev–Trinajstić information content (AvgIpc) is 3.27. The maximum Gasteiger partial charge on any atom is 0.416 e. The molecule has 0 aliphatic heterocycles. The lowest BCUT2D eigenvalue weighted by atomic mass is 10.1. The fraction of sp³-hybridized carbons (Fsp3) is 0.154. The van der Waals surface area contributed by atoms with Gasteiger partial charge in [0, 0.05) is 30.5 Å². The van der Waals surface area contributed by atoms with Crippen LogP contribution in [0.4, 0.5) is 13.2 Å². The van der Waals surface area contributed by atoms with Crippen LogP contribution in [-0.4, -0.2) is 10.9 Å². The molecule has 3 aromatic carbocycles.